The van der Waals surface area contributed by atoms with Gasteiger partial charge in [-0.2, -0.15) is 4.31 Å². The molecule has 0 radical (unpaired) electrons. The first-order chi connectivity index (χ1) is 14.2. The maximum absolute atomic E-state index is 14.2. The molecule has 1 aromatic carbocycles. The van der Waals surface area contributed by atoms with Crippen molar-refractivity contribution in [2.75, 3.05) is 46.0 Å². The van der Waals surface area contributed by atoms with Crippen LogP contribution >= 0.6 is 0 Å². The number of hydrogen-bond donors (Lipinski definition) is 0. The summed E-state index contributed by atoms with van der Waals surface area (Å²) in [4.78, 5) is 26.2. The minimum Gasteiger partial charge on any atom is -0.452 e. The van der Waals surface area contributed by atoms with Crippen LogP contribution in [0.25, 0.3) is 0 Å². The molecule has 1 aromatic rings. The molecule has 2 fully saturated rings. The monoisotopic (exact) mass is 442 g/mol. The van der Waals surface area contributed by atoms with Gasteiger partial charge in [0.25, 0.3) is 5.91 Å². The van der Waals surface area contributed by atoms with E-state index >= 15 is 0 Å². The number of benzene rings is 1. The second kappa shape index (κ2) is 9.40. The molecule has 0 aromatic heterocycles. The van der Waals surface area contributed by atoms with E-state index in [0.29, 0.717) is 24.9 Å². The van der Waals surface area contributed by atoms with Crippen LogP contribution in [0.5, 0.6) is 0 Å². The number of carbonyl (C=O) groups is 2. The summed E-state index contributed by atoms with van der Waals surface area (Å²) in [5, 5.41) is 0. The molecule has 1 amide bonds. The predicted octanol–water partition coefficient (Wildman–Crippen LogP) is 1.51. The number of esters is 1. The maximum Gasteiger partial charge on any atom is 0.341 e. The number of sulfonamides is 1. The predicted molar refractivity (Wildman–Crippen MR) is 106 cm³/mol. The third-order valence-corrected chi connectivity index (χ3v) is 7.21. The number of hydrogen-bond acceptors (Lipinski definition) is 6. The van der Waals surface area contributed by atoms with E-state index in [2.05, 4.69) is 13.8 Å². The van der Waals surface area contributed by atoms with Crippen LogP contribution in [0, 0.1) is 17.7 Å². The molecule has 0 spiro atoms. The van der Waals surface area contributed by atoms with Gasteiger partial charge in [0, 0.05) is 26.2 Å². The molecule has 2 aliphatic heterocycles. The minimum absolute atomic E-state index is 0.181. The third kappa shape index (κ3) is 5.16. The van der Waals surface area contributed by atoms with Gasteiger partial charge in [0.2, 0.25) is 10.0 Å². The average molecular weight is 443 g/mol. The molecule has 166 valence electrons. The van der Waals surface area contributed by atoms with E-state index < -0.39 is 34.0 Å². The van der Waals surface area contributed by atoms with Crippen molar-refractivity contribution in [3.05, 3.63) is 29.6 Å². The lowest BCUT2D eigenvalue weighted by Crippen LogP contribution is -2.44. The molecule has 0 bridgehead atoms. The Kier molecular flexibility index (Phi) is 7.10. The quantitative estimate of drug-likeness (QED) is 0.642. The zero-order chi connectivity index (χ0) is 21.9. The second-order valence-electron chi connectivity index (χ2n) is 7.98. The smallest absolute Gasteiger partial charge is 0.341 e. The zero-order valence-electron chi connectivity index (χ0n) is 17.2. The van der Waals surface area contributed by atoms with Gasteiger partial charge < -0.3 is 14.4 Å². The van der Waals surface area contributed by atoms with Gasteiger partial charge in [-0.25, -0.2) is 17.6 Å². The fourth-order valence-corrected chi connectivity index (χ4v) is 5.35. The minimum atomic E-state index is -3.89. The van der Waals surface area contributed by atoms with Crippen LogP contribution in [0.2, 0.25) is 0 Å². The normalized spacial score (nSPS) is 23.2. The van der Waals surface area contributed by atoms with Gasteiger partial charge in [0.15, 0.2) is 6.61 Å². The number of nitrogens with zero attached hydrogens (tertiary/aromatic N) is 2. The van der Waals surface area contributed by atoms with Gasteiger partial charge >= 0.3 is 5.97 Å². The fraction of sp³-hybridized carbons (Fsp3) is 0.600. The Morgan fingerprint density at radius 3 is 2.43 bits per heavy atom. The number of rotatable bonds is 5. The van der Waals surface area contributed by atoms with Crippen LogP contribution in [-0.4, -0.2) is 75.5 Å². The molecule has 10 heteroatoms. The number of likely N-dealkylation sites (tertiary alicyclic amines) is 1. The summed E-state index contributed by atoms with van der Waals surface area (Å²) < 4.78 is 51.1. The summed E-state index contributed by atoms with van der Waals surface area (Å²) >= 11 is 0. The van der Waals surface area contributed by atoms with E-state index in [1.165, 1.54) is 4.31 Å². The van der Waals surface area contributed by atoms with E-state index in [0.717, 1.165) is 24.6 Å². The topological polar surface area (TPSA) is 93.2 Å². The summed E-state index contributed by atoms with van der Waals surface area (Å²) in [6.45, 7) is 5.66. The Morgan fingerprint density at radius 1 is 1.17 bits per heavy atom. The molecule has 0 saturated carbocycles. The maximum atomic E-state index is 14.2. The lowest BCUT2D eigenvalue weighted by Gasteiger charge is -2.34. The molecule has 0 N–H and O–H groups in total. The Labute approximate surface area is 176 Å². The van der Waals surface area contributed by atoms with Crippen molar-refractivity contribution < 1.29 is 31.9 Å². The van der Waals surface area contributed by atoms with E-state index in [1.54, 1.807) is 4.90 Å². The van der Waals surface area contributed by atoms with Crippen LogP contribution < -0.4 is 0 Å². The SMILES string of the molecule is C[C@@H]1C[C@@H](C)CN(C(=O)COC(=O)c2cc(S(=O)(=O)N3CCOCC3)ccc2F)C1. The van der Waals surface area contributed by atoms with E-state index in [1.807, 2.05) is 0 Å². The van der Waals surface area contributed by atoms with Crippen molar-refractivity contribution in [2.24, 2.45) is 11.8 Å². The summed E-state index contributed by atoms with van der Waals surface area (Å²) in [5.41, 5.74) is -0.516. The molecule has 30 heavy (non-hydrogen) atoms. The van der Waals surface area contributed by atoms with Crippen molar-refractivity contribution in [1.82, 2.24) is 9.21 Å². The van der Waals surface area contributed by atoms with E-state index in [4.69, 9.17) is 9.47 Å². The molecule has 8 nitrogen and oxygen atoms in total. The van der Waals surface area contributed by atoms with Crippen molar-refractivity contribution in [3.8, 4) is 0 Å². The number of piperidine rings is 1. The number of carbonyl (C=O) groups excluding carboxylic acids is 2. The first-order valence-electron chi connectivity index (χ1n) is 10.0. The van der Waals surface area contributed by atoms with Crippen LogP contribution in [0.1, 0.15) is 30.6 Å². The lowest BCUT2D eigenvalue weighted by atomic mass is 9.92. The molecule has 2 heterocycles. The molecular weight excluding hydrogens is 415 g/mol. The lowest BCUT2D eigenvalue weighted by molar-refractivity contribution is -0.137. The van der Waals surface area contributed by atoms with Gasteiger partial charge in [-0.05, 0) is 36.5 Å². The molecule has 3 rings (SSSR count). The second-order valence-corrected chi connectivity index (χ2v) is 9.92. The third-order valence-electron chi connectivity index (χ3n) is 5.31. The largest absolute Gasteiger partial charge is 0.452 e. The zero-order valence-corrected chi connectivity index (χ0v) is 18.0. The Bertz CT molecular complexity index is 891. The molecule has 2 aliphatic rings. The van der Waals surface area contributed by atoms with Crippen molar-refractivity contribution in [2.45, 2.75) is 25.2 Å². The average Bonchev–Trinajstić information content (AvgIpc) is 2.71. The van der Waals surface area contributed by atoms with Crippen LogP contribution in [-0.2, 0) is 24.3 Å². The summed E-state index contributed by atoms with van der Waals surface area (Å²) in [7, 11) is -3.89. The van der Waals surface area contributed by atoms with Gasteiger partial charge in [0.1, 0.15) is 5.82 Å². The summed E-state index contributed by atoms with van der Waals surface area (Å²) in [5.74, 6) is -1.62. The standard InChI is InChI=1S/C20H27FN2O6S/c1-14-9-15(2)12-22(11-14)19(24)13-29-20(25)17-10-16(3-4-18(17)21)30(26,27)23-5-7-28-8-6-23/h3-4,10,14-15H,5-9,11-13H2,1-2H3/t14-,15-/m1/s1. The fourth-order valence-electron chi connectivity index (χ4n) is 3.92. The molecular formula is C20H27FN2O6S. The van der Waals surface area contributed by atoms with Gasteiger partial charge in [-0.1, -0.05) is 13.8 Å². The van der Waals surface area contributed by atoms with Crippen molar-refractivity contribution >= 4 is 21.9 Å². The molecule has 2 saturated heterocycles. The van der Waals surface area contributed by atoms with Gasteiger partial charge in [0.05, 0.1) is 23.7 Å². The highest BCUT2D eigenvalue weighted by Gasteiger charge is 2.29. The number of halogens is 1. The Hall–Kier alpha value is -2.04. The van der Waals surface area contributed by atoms with E-state index in [9.17, 15) is 22.4 Å². The number of morpholine rings is 1. The van der Waals surface area contributed by atoms with Gasteiger partial charge in [-0.3, -0.25) is 4.79 Å². The highest BCUT2D eigenvalue weighted by atomic mass is 32.2. The van der Waals surface area contributed by atoms with E-state index in [-0.39, 0.29) is 37.1 Å². The summed E-state index contributed by atoms with van der Waals surface area (Å²) in [6, 6.07) is 2.98. The highest BCUT2D eigenvalue weighted by molar-refractivity contribution is 7.89. The van der Waals surface area contributed by atoms with Crippen LogP contribution in [0.4, 0.5) is 4.39 Å². The first-order valence-corrected chi connectivity index (χ1v) is 11.4. The number of amides is 1. The molecule has 0 aliphatic carbocycles. The molecule has 2 atom stereocenters. The molecule has 0 unspecified atom stereocenters. The van der Waals surface area contributed by atoms with Crippen molar-refractivity contribution in [3.63, 3.8) is 0 Å². The van der Waals surface area contributed by atoms with Crippen molar-refractivity contribution in [1.29, 1.82) is 0 Å². The number of ether oxygens (including phenoxy) is 2. The van der Waals surface area contributed by atoms with Crippen LogP contribution in [0.3, 0.4) is 0 Å². The van der Waals surface area contributed by atoms with Crippen LogP contribution in [0.15, 0.2) is 23.1 Å². The Balaban J connectivity index is 1.68. The Morgan fingerprint density at radius 2 is 1.80 bits per heavy atom. The highest BCUT2D eigenvalue weighted by Crippen LogP contribution is 2.22. The summed E-state index contributed by atoms with van der Waals surface area (Å²) in [6.07, 6.45) is 1.03. The first kappa shape index (κ1) is 22.6. The van der Waals surface area contributed by atoms with Gasteiger partial charge in [-0.15, -0.1) is 0 Å².